The summed E-state index contributed by atoms with van der Waals surface area (Å²) in [5, 5.41) is 4.08. The van der Waals surface area contributed by atoms with Crippen LogP contribution in [0.3, 0.4) is 0 Å². The van der Waals surface area contributed by atoms with Gasteiger partial charge < -0.3 is 43.4 Å². The van der Waals surface area contributed by atoms with Crippen LogP contribution in [0.25, 0.3) is 20.2 Å². The molecule has 1 N–H and O–H groups in total. The third-order valence-corrected chi connectivity index (χ3v) is 11.1. The van der Waals surface area contributed by atoms with Crippen molar-refractivity contribution in [1.82, 2.24) is 0 Å². The molecule has 5 aromatic rings. The molecule has 2 unspecified atom stereocenters. The van der Waals surface area contributed by atoms with Crippen molar-refractivity contribution in [3.05, 3.63) is 112 Å². The number of ether oxygens (including phenoxy) is 7. The number of anilines is 2. The summed E-state index contributed by atoms with van der Waals surface area (Å²) in [4.78, 5) is 66.0. The lowest BCUT2D eigenvalue weighted by Crippen LogP contribution is -2.38. The zero-order valence-corrected chi connectivity index (χ0v) is 37.8. The zero-order valence-electron chi connectivity index (χ0n) is 37.0. The van der Waals surface area contributed by atoms with Gasteiger partial charge in [-0.25, -0.2) is 14.4 Å². The highest BCUT2D eigenvalue weighted by Gasteiger charge is 2.30. The molecule has 0 aliphatic heterocycles. The Kier molecular flexibility index (Phi) is 16.7. The fourth-order valence-corrected chi connectivity index (χ4v) is 7.52. The fraction of sp³-hybridized carbons (Fsp3) is 0.396. The molecule has 336 valence electrons. The summed E-state index contributed by atoms with van der Waals surface area (Å²) in [7, 11) is 5.57. The van der Waals surface area contributed by atoms with E-state index in [0.717, 1.165) is 20.8 Å². The number of rotatable bonds is 22. The van der Waals surface area contributed by atoms with E-state index in [4.69, 9.17) is 33.2 Å². The third-order valence-electron chi connectivity index (χ3n) is 9.94. The zero-order chi connectivity index (χ0) is 45.7. The van der Waals surface area contributed by atoms with Gasteiger partial charge in [0.1, 0.15) is 25.1 Å². The number of esters is 4. The van der Waals surface area contributed by atoms with Crippen molar-refractivity contribution in [2.75, 3.05) is 64.4 Å². The van der Waals surface area contributed by atoms with Gasteiger partial charge in [0.25, 0.3) is 0 Å². The highest BCUT2D eigenvalue weighted by molar-refractivity contribution is 7.24. The second kappa shape index (κ2) is 21.9. The van der Waals surface area contributed by atoms with Crippen molar-refractivity contribution in [1.29, 1.82) is 0 Å². The normalized spacial score (nSPS) is 12.6. The van der Waals surface area contributed by atoms with E-state index in [9.17, 15) is 24.0 Å². The molecule has 2 atom stereocenters. The first kappa shape index (κ1) is 48.0. The third kappa shape index (κ3) is 14.5. The minimum absolute atomic E-state index is 0.0417. The molecule has 1 aromatic heterocycles. The Hall–Kier alpha value is -6.03. The molecule has 0 spiro atoms. The molecular formula is C48H56N2O12S. The maximum Gasteiger partial charge on any atom is 0.344 e. The van der Waals surface area contributed by atoms with E-state index < -0.39 is 53.9 Å². The van der Waals surface area contributed by atoms with Crippen LogP contribution in [0.15, 0.2) is 95.8 Å². The van der Waals surface area contributed by atoms with E-state index in [-0.39, 0.29) is 38.3 Å². The predicted octanol–water partition coefficient (Wildman–Crippen LogP) is 7.83. The number of hydrogen-bond donors (Lipinski definition) is 1. The summed E-state index contributed by atoms with van der Waals surface area (Å²) in [6.07, 6.45) is -1.21. The van der Waals surface area contributed by atoms with Crippen LogP contribution < -0.4 is 20.4 Å². The summed E-state index contributed by atoms with van der Waals surface area (Å²) in [5.41, 5.74) is 0.678. The SMILES string of the molecule is CNc1ccc(C(=O)OCC(COC(C)(C)CCOC(C)(C)CC(COC(=O)c2ccc(N(C)C)cc2)OC(=O)COc2ccc3sc4ccccc4c(=O)c3c2)OC(C)=O)cc1. The van der Waals surface area contributed by atoms with Gasteiger partial charge in [-0.1, -0.05) is 12.1 Å². The lowest BCUT2D eigenvalue weighted by Gasteiger charge is -2.32. The van der Waals surface area contributed by atoms with Gasteiger partial charge in [0, 0.05) is 66.0 Å². The molecule has 4 aromatic carbocycles. The number of benzene rings is 4. The molecule has 0 bridgehead atoms. The lowest BCUT2D eigenvalue weighted by atomic mass is 10.00. The highest BCUT2D eigenvalue weighted by atomic mass is 32.1. The smallest absolute Gasteiger partial charge is 0.344 e. The molecule has 5 rings (SSSR count). The van der Waals surface area contributed by atoms with Gasteiger partial charge in [0.05, 0.1) is 35.5 Å². The van der Waals surface area contributed by atoms with Crippen LogP contribution >= 0.6 is 11.3 Å². The summed E-state index contributed by atoms with van der Waals surface area (Å²) >= 11 is 1.49. The molecule has 0 amide bonds. The van der Waals surface area contributed by atoms with E-state index >= 15 is 0 Å². The average Bonchev–Trinajstić information content (AvgIpc) is 3.25. The number of hydrogen-bond acceptors (Lipinski definition) is 15. The van der Waals surface area contributed by atoms with Gasteiger partial charge in [-0.3, -0.25) is 9.59 Å². The van der Waals surface area contributed by atoms with Gasteiger partial charge in [-0.15, -0.1) is 11.3 Å². The Labute approximate surface area is 371 Å². The van der Waals surface area contributed by atoms with Crippen LogP contribution in [-0.2, 0) is 38.0 Å². The molecular weight excluding hydrogens is 829 g/mol. The summed E-state index contributed by atoms with van der Waals surface area (Å²) in [6, 6.07) is 26.2. The molecule has 14 nitrogen and oxygen atoms in total. The van der Waals surface area contributed by atoms with Crippen molar-refractivity contribution in [2.45, 2.75) is 70.9 Å². The van der Waals surface area contributed by atoms with Crippen LogP contribution in [0.1, 0.15) is 68.2 Å². The largest absolute Gasteiger partial charge is 0.482 e. The number of nitrogens with zero attached hydrogens (tertiary/aromatic N) is 1. The van der Waals surface area contributed by atoms with Crippen LogP contribution in [0, 0.1) is 0 Å². The topological polar surface area (TPSA) is 165 Å². The van der Waals surface area contributed by atoms with Crippen LogP contribution in [-0.4, -0.2) is 101 Å². The molecule has 0 radical (unpaired) electrons. The molecule has 0 aliphatic rings. The molecule has 0 saturated carbocycles. The first-order valence-corrected chi connectivity index (χ1v) is 21.4. The second-order valence-corrected chi connectivity index (χ2v) is 17.4. The standard InChI is InChI=1S/C48H56N2O12S/c1-31(51)61-38(28-58-45(54)32-13-17-34(49-6)18-14-32)29-60-47(2,3)23-24-59-48(4,5)26-37(27-57-46(55)33-15-19-35(20-16-33)50(7)8)62-43(52)30-56-36-21-22-42-40(25-36)44(53)39-11-9-10-12-41(39)63-42/h9-22,25,37-38,49H,23-24,26-30H2,1-8H3. The minimum Gasteiger partial charge on any atom is -0.482 e. The number of carbonyl (C=O) groups excluding carboxylic acids is 4. The number of nitrogens with one attached hydrogen (secondary N) is 1. The first-order valence-electron chi connectivity index (χ1n) is 20.5. The van der Waals surface area contributed by atoms with E-state index in [1.807, 2.05) is 64.9 Å². The average molecular weight is 885 g/mol. The second-order valence-electron chi connectivity index (χ2n) is 16.3. The summed E-state index contributed by atoms with van der Waals surface area (Å²) in [6.45, 7) is 7.90. The van der Waals surface area contributed by atoms with Gasteiger partial charge in [-0.05, 0) is 113 Å². The van der Waals surface area contributed by atoms with Gasteiger partial charge in [-0.2, -0.15) is 0 Å². The maximum absolute atomic E-state index is 13.3. The van der Waals surface area contributed by atoms with Crippen molar-refractivity contribution >= 4 is 66.8 Å². The quantitative estimate of drug-likeness (QED) is 0.0406. The Morgan fingerprint density at radius 2 is 1.33 bits per heavy atom. The Morgan fingerprint density at radius 3 is 1.97 bits per heavy atom. The first-order chi connectivity index (χ1) is 29.9. The predicted molar refractivity (Wildman–Crippen MR) is 243 cm³/mol. The summed E-state index contributed by atoms with van der Waals surface area (Å²) < 4.78 is 42.2. The van der Waals surface area contributed by atoms with E-state index in [1.165, 1.54) is 18.3 Å². The van der Waals surface area contributed by atoms with Gasteiger partial charge in [0.2, 0.25) is 0 Å². The highest BCUT2D eigenvalue weighted by Crippen LogP contribution is 2.28. The lowest BCUT2D eigenvalue weighted by molar-refractivity contribution is -0.161. The van der Waals surface area contributed by atoms with Crippen LogP contribution in [0.4, 0.5) is 11.4 Å². The minimum atomic E-state index is -0.920. The van der Waals surface area contributed by atoms with Crippen LogP contribution in [0.2, 0.25) is 0 Å². The monoisotopic (exact) mass is 884 g/mol. The molecule has 0 saturated heterocycles. The van der Waals surface area contributed by atoms with Crippen molar-refractivity contribution in [3.8, 4) is 5.75 Å². The molecule has 0 aliphatic carbocycles. The Morgan fingerprint density at radius 1 is 0.714 bits per heavy atom. The molecule has 0 fully saturated rings. The molecule has 63 heavy (non-hydrogen) atoms. The fourth-order valence-electron chi connectivity index (χ4n) is 6.46. The van der Waals surface area contributed by atoms with Crippen molar-refractivity contribution < 1.29 is 52.3 Å². The van der Waals surface area contributed by atoms with Gasteiger partial charge in [0.15, 0.2) is 18.1 Å². The number of fused-ring (bicyclic) bond motifs is 2. The van der Waals surface area contributed by atoms with Crippen LogP contribution in [0.5, 0.6) is 5.75 Å². The van der Waals surface area contributed by atoms with Crippen molar-refractivity contribution in [3.63, 3.8) is 0 Å². The van der Waals surface area contributed by atoms with E-state index in [1.54, 1.807) is 79.8 Å². The maximum atomic E-state index is 13.3. The van der Waals surface area contributed by atoms with E-state index in [0.29, 0.717) is 34.1 Å². The Balaban J connectivity index is 1.17. The molecule has 15 heteroatoms. The number of carbonyl (C=O) groups is 4. The van der Waals surface area contributed by atoms with Gasteiger partial charge >= 0.3 is 23.9 Å². The summed E-state index contributed by atoms with van der Waals surface area (Å²) in [5.74, 6) is -2.07. The molecule has 1 heterocycles. The Bertz CT molecular complexity index is 2410. The van der Waals surface area contributed by atoms with Crippen molar-refractivity contribution in [2.24, 2.45) is 0 Å². The van der Waals surface area contributed by atoms with E-state index in [2.05, 4.69) is 5.32 Å².